The smallest absolute Gasteiger partial charge is 0.410 e. The number of likely N-dealkylation sites (tertiary alicyclic amines) is 2. The molecule has 14 nitrogen and oxygen atoms in total. The Morgan fingerprint density at radius 1 is 0.660 bits per heavy atom. The van der Waals surface area contributed by atoms with E-state index in [2.05, 4.69) is 20.9 Å². The van der Waals surface area contributed by atoms with Crippen LogP contribution in [0.1, 0.15) is 151 Å². The highest BCUT2D eigenvalue weighted by molar-refractivity contribution is 5.93. The first-order valence-corrected chi connectivity index (χ1v) is 18.0. The maximum Gasteiger partial charge on any atom is 0.410 e. The van der Waals surface area contributed by atoms with Crippen LogP contribution in [0.4, 0.5) is 9.59 Å². The second kappa shape index (κ2) is 15.0. The number of piperidine rings is 2. The molecular weight excluding hydrogens is 644 g/mol. The van der Waals surface area contributed by atoms with Crippen molar-refractivity contribution < 1.29 is 37.7 Å². The Kier molecular flexibility index (Phi) is 11.2. The zero-order valence-corrected chi connectivity index (χ0v) is 30.7. The highest BCUT2D eigenvalue weighted by atomic mass is 16.6. The number of rotatable bonds is 6. The van der Waals surface area contributed by atoms with Gasteiger partial charge in [0.1, 0.15) is 22.7 Å². The molecule has 50 heavy (non-hydrogen) atoms. The monoisotopic (exact) mass is 698 g/mol. The SMILES string of the molecule is C[C@@H]1C[C@@H](NC(=O)c2cc(C3CC3)on2)CCN1C(=O)OC(C)(C)C.C[C@@H]1C[C@H](NC(=O)c2cc(C3CC3)on2)CCN1C(=O)OC(C)(C)C. The van der Waals surface area contributed by atoms with E-state index in [-0.39, 0.29) is 48.2 Å². The fourth-order valence-corrected chi connectivity index (χ4v) is 6.22. The Morgan fingerprint density at radius 3 is 1.32 bits per heavy atom. The van der Waals surface area contributed by atoms with E-state index < -0.39 is 11.2 Å². The molecule has 4 fully saturated rings. The summed E-state index contributed by atoms with van der Waals surface area (Å²) in [5.41, 5.74) is -0.337. The summed E-state index contributed by atoms with van der Waals surface area (Å²) < 4.78 is 21.4. The van der Waals surface area contributed by atoms with Gasteiger partial charge in [0.2, 0.25) is 0 Å². The van der Waals surface area contributed by atoms with Crippen LogP contribution in [0.5, 0.6) is 0 Å². The number of nitrogens with one attached hydrogen (secondary N) is 2. The molecule has 0 radical (unpaired) electrons. The number of carbonyl (C=O) groups excluding carboxylic acids is 4. The summed E-state index contributed by atoms with van der Waals surface area (Å²) in [6.07, 6.45) is 6.62. The van der Waals surface area contributed by atoms with Gasteiger partial charge in [0.15, 0.2) is 11.4 Å². The quantitative estimate of drug-likeness (QED) is 0.357. The predicted molar refractivity (Wildman–Crippen MR) is 183 cm³/mol. The third-order valence-electron chi connectivity index (χ3n) is 9.16. The summed E-state index contributed by atoms with van der Waals surface area (Å²) >= 11 is 0. The van der Waals surface area contributed by atoms with Gasteiger partial charge in [-0.2, -0.15) is 0 Å². The van der Waals surface area contributed by atoms with Crippen molar-refractivity contribution in [2.24, 2.45) is 0 Å². The standard InChI is InChI=1S/2C18H27N3O4/c2*1-11-9-13(7-8-21(11)17(23)24-18(2,3)4)19-16(22)14-10-15(25-20-14)12-5-6-12/h2*10-13H,5-9H2,1-4H3,(H,19,22)/t11-,13+;11-,13-/m11/s1. The van der Waals surface area contributed by atoms with Crippen molar-refractivity contribution in [2.45, 2.75) is 154 Å². The Labute approximate surface area is 294 Å². The van der Waals surface area contributed by atoms with Crippen LogP contribution in [0.25, 0.3) is 0 Å². The highest BCUT2D eigenvalue weighted by Crippen LogP contribution is 2.41. The van der Waals surface area contributed by atoms with Crippen LogP contribution in [0, 0.1) is 0 Å². The van der Waals surface area contributed by atoms with Crippen LogP contribution in [0.15, 0.2) is 21.2 Å². The van der Waals surface area contributed by atoms with Crippen LogP contribution in [0.2, 0.25) is 0 Å². The number of aromatic nitrogens is 2. The fraction of sp³-hybridized carbons (Fsp3) is 0.722. The van der Waals surface area contributed by atoms with Gasteiger partial charge in [-0.3, -0.25) is 9.59 Å². The van der Waals surface area contributed by atoms with Crippen LogP contribution in [-0.2, 0) is 9.47 Å². The molecule has 6 rings (SSSR count). The lowest BCUT2D eigenvalue weighted by Crippen LogP contribution is -2.52. The number of amides is 4. The molecule has 2 aromatic rings. The molecule has 4 atom stereocenters. The van der Waals surface area contributed by atoms with Crippen LogP contribution >= 0.6 is 0 Å². The Morgan fingerprint density at radius 2 is 1.02 bits per heavy atom. The second-order valence-electron chi connectivity index (χ2n) is 16.2. The predicted octanol–water partition coefficient (Wildman–Crippen LogP) is 6.14. The minimum atomic E-state index is -0.506. The zero-order valence-electron chi connectivity index (χ0n) is 30.7. The average molecular weight is 699 g/mol. The molecule has 4 amide bonds. The van der Waals surface area contributed by atoms with E-state index >= 15 is 0 Å². The third kappa shape index (κ3) is 10.5. The van der Waals surface area contributed by atoms with Gasteiger partial charge < -0.3 is 39.0 Å². The number of nitrogens with zero attached hydrogens (tertiary/aromatic N) is 4. The highest BCUT2D eigenvalue weighted by Gasteiger charge is 2.35. The second-order valence-corrected chi connectivity index (χ2v) is 16.2. The Balaban J connectivity index is 0.000000194. The van der Waals surface area contributed by atoms with Crippen molar-refractivity contribution in [1.82, 2.24) is 30.7 Å². The van der Waals surface area contributed by atoms with Crippen LogP contribution in [0.3, 0.4) is 0 Å². The van der Waals surface area contributed by atoms with Crippen molar-refractivity contribution in [3.8, 4) is 0 Å². The number of ether oxygens (including phenoxy) is 2. The zero-order chi connectivity index (χ0) is 36.4. The average Bonchev–Trinajstić information content (AvgIpc) is 3.94. The summed E-state index contributed by atoms with van der Waals surface area (Å²) in [6, 6.07) is 3.53. The molecule has 2 aromatic heterocycles. The van der Waals surface area contributed by atoms with Gasteiger partial charge in [-0.1, -0.05) is 10.3 Å². The maximum atomic E-state index is 12.3. The molecule has 4 heterocycles. The third-order valence-corrected chi connectivity index (χ3v) is 9.16. The van der Waals surface area contributed by atoms with E-state index in [1.54, 1.807) is 21.9 Å². The van der Waals surface area contributed by atoms with E-state index in [0.29, 0.717) is 62.0 Å². The van der Waals surface area contributed by atoms with Gasteiger partial charge in [-0.25, -0.2) is 9.59 Å². The summed E-state index contributed by atoms with van der Waals surface area (Å²) in [5.74, 6) is 2.06. The first-order valence-electron chi connectivity index (χ1n) is 18.0. The molecule has 2 saturated carbocycles. The van der Waals surface area contributed by atoms with Crippen molar-refractivity contribution in [1.29, 1.82) is 0 Å². The normalized spacial score (nSPS) is 24.1. The van der Waals surface area contributed by atoms with Crippen LogP contribution < -0.4 is 10.6 Å². The summed E-state index contributed by atoms with van der Waals surface area (Å²) in [6.45, 7) is 16.2. The first-order chi connectivity index (χ1) is 23.5. The van der Waals surface area contributed by atoms with Gasteiger partial charge in [-0.05, 0) is 107 Å². The molecule has 0 aromatic carbocycles. The fourth-order valence-electron chi connectivity index (χ4n) is 6.22. The molecule has 0 bridgehead atoms. The van der Waals surface area contributed by atoms with Gasteiger partial charge in [0.25, 0.3) is 11.8 Å². The topological polar surface area (TPSA) is 169 Å². The lowest BCUT2D eigenvalue weighted by Gasteiger charge is -2.38. The van der Waals surface area contributed by atoms with E-state index in [9.17, 15) is 19.2 Å². The van der Waals surface area contributed by atoms with Gasteiger partial charge in [0, 0.05) is 61.2 Å². The van der Waals surface area contributed by atoms with Crippen molar-refractivity contribution >= 4 is 24.0 Å². The van der Waals surface area contributed by atoms with E-state index in [0.717, 1.165) is 37.2 Å². The van der Waals surface area contributed by atoms with E-state index in [4.69, 9.17) is 18.5 Å². The largest absolute Gasteiger partial charge is 0.444 e. The molecule has 2 aliphatic heterocycles. The maximum absolute atomic E-state index is 12.3. The van der Waals surface area contributed by atoms with Gasteiger partial charge in [-0.15, -0.1) is 0 Å². The van der Waals surface area contributed by atoms with Crippen molar-refractivity contribution in [3.05, 3.63) is 35.0 Å². The lowest BCUT2D eigenvalue weighted by molar-refractivity contribution is 0.00830. The molecule has 4 aliphatic rings. The summed E-state index contributed by atoms with van der Waals surface area (Å²) in [4.78, 5) is 52.6. The summed E-state index contributed by atoms with van der Waals surface area (Å²) in [5, 5.41) is 13.8. The van der Waals surface area contributed by atoms with E-state index in [1.807, 2.05) is 55.4 Å². The lowest BCUT2D eigenvalue weighted by atomic mass is 9.98. The molecule has 276 valence electrons. The molecule has 14 heteroatoms. The molecule has 2 saturated heterocycles. The summed E-state index contributed by atoms with van der Waals surface area (Å²) in [7, 11) is 0. The number of carbonyl (C=O) groups is 4. The molecule has 2 aliphatic carbocycles. The minimum absolute atomic E-state index is 0.00762. The molecule has 2 N–H and O–H groups in total. The van der Waals surface area contributed by atoms with E-state index in [1.165, 1.54) is 0 Å². The number of hydrogen-bond donors (Lipinski definition) is 2. The van der Waals surface area contributed by atoms with Crippen LogP contribution in [-0.4, -0.2) is 92.6 Å². The Hall–Kier alpha value is -4.10. The van der Waals surface area contributed by atoms with Crippen molar-refractivity contribution in [2.75, 3.05) is 13.1 Å². The molecule has 0 unspecified atom stereocenters. The van der Waals surface area contributed by atoms with Crippen molar-refractivity contribution in [3.63, 3.8) is 0 Å². The van der Waals surface area contributed by atoms with Gasteiger partial charge >= 0.3 is 12.2 Å². The minimum Gasteiger partial charge on any atom is -0.444 e. The molecular formula is C36H54N6O8. The first kappa shape index (κ1) is 37.2. The molecule has 0 spiro atoms. The number of hydrogen-bond acceptors (Lipinski definition) is 10. The van der Waals surface area contributed by atoms with Gasteiger partial charge in [0.05, 0.1) is 0 Å². The Bertz CT molecular complexity index is 1400.